The molecule has 0 radical (unpaired) electrons. The topological polar surface area (TPSA) is 95.9 Å². The summed E-state index contributed by atoms with van der Waals surface area (Å²) in [5, 5.41) is 23.4. The Morgan fingerprint density at radius 2 is 0.704 bits per heavy atom. The first kappa shape index (κ1) is 69.1. The van der Waals surface area contributed by atoms with Crippen LogP contribution in [0.2, 0.25) is 0 Å². The van der Waals surface area contributed by atoms with Crippen LogP contribution in [-0.2, 0) is 14.3 Å². The number of carbonyl (C=O) groups excluding carboxylic acids is 2. The van der Waals surface area contributed by atoms with Crippen LogP contribution in [0.1, 0.15) is 341 Å². The Hall–Kier alpha value is -1.92. The van der Waals surface area contributed by atoms with Crippen molar-refractivity contribution in [2.45, 2.75) is 353 Å². The number of aliphatic hydroxyl groups is 2. The van der Waals surface area contributed by atoms with Crippen molar-refractivity contribution in [3.63, 3.8) is 0 Å². The van der Waals surface area contributed by atoms with Crippen molar-refractivity contribution in [2.75, 3.05) is 13.2 Å². The number of esters is 1. The Kier molecular flexibility index (Phi) is 59.0. The zero-order valence-electron chi connectivity index (χ0n) is 47.7. The van der Waals surface area contributed by atoms with Gasteiger partial charge < -0.3 is 20.3 Å². The Labute approximate surface area is 443 Å². The van der Waals surface area contributed by atoms with Gasteiger partial charge in [-0.05, 0) is 83.5 Å². The molecule has 0 spiro atoms. The maximum atomic E-state index is 12.5. The van der Waals surface area contributed by atoms with Crippen LogP contribution in [-0.4, -0.2) is 47.4 Å². The van der Waals surface area contributed by atoms with Crippen LogP contribution in [0.15, 0.2) is 36.5 Å². The van der Waals surface area contributed by atoms with Crippen molar-refractivity contribution >= 4 is 11.9 Å². The number of rotatable bonds is 59. The van der Waals surface area contributed by atoms with Crippen LogP contribution in [0.4, 0.5) is 0 Å². The first-order valence-electron chi connectivity index (χ1n) is 31.8. The molecule has 0 fully saturated rings. The number of allylic oxidation sites excluding steroid dienone is 6. The van der Waals surface area contributed by atoms with Crippen LogP contribution in [0.5, 0.6) is 0 Å². The number of hydrogen-bond acceptors (Lipinski definition) is 5. The Morgan fingerprint density at radius 3 is 1.08 bits per heavy atom. The molecular weight excluding hydrogens is 875 g/mol. The summed E-state index contributed by atoms with van der Waals surface area (Å²) in [7, 11) is 0. The van der Waals surface area contributed by atoms with Crippen LogP contribution in [0.25, 0.3) is 0 Å². The molecule has 0 bridgehead atoms. The summed E-state index contributed by atoms with van der Waals surface area (Å²) in [4.78, 5) is 24.6. The standard InChI is InChI=1S/C65H123NO5/c1-3-5-7-9-11-13-15-17-19-20-21-22-23-24-25-26-27-28-30-33-37-41-45-49-53-57-63(68)62(61-67)66-64(69)58-54-50-46-42-38-34-31-29-32-36-40-44-48-52-56-60-71-65(70)59-55-51-47-43-39-35-18-16-14-12-10-8-6-4-2/h16,18,29,32,36,40,62-63,67-68H,3-15,17,19-28,30-31,33-35,37-39,41-61H2,1-2H3,(H,66,69)/b18-16-,32-29-,40-36-. The molecule has 0 aliphatic rings. The third kappa shape index (κ3) is 57.2. The van der Waals surface area contributed by atoms with Gasteiger partial charge in [-0.2, -0.15) is 0 Å². The van der Waals surface area contributed by atoms with Crippen molar-refractivity contribution in [3.05, 3.63) is 36.5 Å². The lowest BCUT2D eigenvalue weighted by atomic mass is 10.0. The average Bonchev–Trinajstić information content (AvgIpc) is 3.37. The molecule has 6 nitrogen and oxygen atoms in total. The van der Waals surface area contributed by atoms with Gasteiger partial charge in [0, 0.05) is 12.8 Å². The zero-order chi connectivity index (χ0) is 51.4. The lowest BCUT2D eigenvalue weighted by molar-refractivity contribution is -0.143. The fraction of sp³-hybridized carbons (Fsp3) is 0.877. The van der Waals surface area contributed by atoms with Gasteiger partial charge in [-0.3, -0.25) is 9.59 Å². The van der Waals surface area contributed by atoms with E-state index in [4.69, 9.17) is 4.74 Å². The van der Waals surface area contributed by atoms with Gasteiger partial charge in [-0.25, -0.2) is 0 Å². The van der Waals surface area contributed by atoms with Gasteiger partial charge in [0.25, 0.3) is 0 Å². The van der Waals surface area contributed by atoms with Gasteiger partial charge in [0.15, 0.2) is 0 Å². The lowest BCUT2D eigenvalue weighted by Gasteiger charge is -2.22. The molecule has 0 aromatic heterocycles. The second-order valence-corrected chi connectivity index (χ2v) is 21.8. The predicted octanol–water partition coefficient (Wildman–Crippen LogP) is 20.0. The van der Waals surface area contributed by atoms with Crippen LogP contribution >= 0.6 is 0 Å². The van der Waals surface area contributed by atoms with Gasteiger partial charge >= 0.3 is 5.97 Å². The third-order valence-electron chi connectivity index (χ3n) is 14.7. The highest BCUT2D eigenvalue weighted by molar-refractivity contribution is 5.76. The fourth-order valence-electron chi connectivity index (χ4n) is 9.80. The van der Waals surface area contributed by atoms with Gasteiger partial charge in [-0.15, -0.1) is 0 Å². The van der Waals surface area contributed by atoms with Gasteiger partial charge in [0.05, 0.1) is 25.4 Å². The molecule has 418 valence electrons. The van der Waals surface area contributed by atoms with Gasteiger partial charge in [-0.1, -0.05) is 281 Å². The molecule has 0 aliphatic carbocycles. The number of aliphatic hydroxyl groups excluding tert-OH is 2. The maximum absolute atomic E-state index is 12.5. The molecule has 3 N–H and O–H groups in total. The average molecular weight is 999 g/mol. The molecule has 0 saturated heterocycles. The van der Waals surface area contributed by atoms with Crippen molar-refractivity contribution < 1.29 is 24.5 Å². The molecule has 2 atom stereocenters. The minimum Gasteiger partial charge on any atom is -0.466 e. The molecule has 2 unspecified atom stereocenters. The summed E-state index contributed by atoms with van der Waals surface area (Å²) in [5.41, 5.74) is 0. The fourth-order valence-corrected chi connectivity index (χ4v) is 9.80. The Bertz CT molecular complexity index is 1150. The first-order chi connectivity index (χ1) is 35.0. The number of ether oxygens (including phenoxy) is 1. The van der Waals surface area contributed by atoms with Gasteiger partial charge in [0.2, 0.25) is 5.91 Å². The molecule has 0 aliphatic heterocycles. The summed E-state index contributed by atoms with van der Waals surface area (Å²) in [6.45, 7) is 4.90. The number of carbonyl (C=O) groups is 2. The number of unbranched alkanes of at least 4 members (excludes halogenated alkanes) is 43. The van der Waals surface area contributed by atoms with E-state index in [0.717, 1.165) is 77.0 Å². The maximum Gasteiger partial charge on any atom is 0.305 e. The minimum atomic E-state index is -0.681. The van der Waals surface area contributed by atoms with Gasteiger partial charge in [0.1, 0.15) is 0 Å². The van der Waals surface area contributed by atoms with E-state index < -0.39 is 12.1 Å². The van der Waals surface area contributed by atoms with E-state index in [0.29, 0.717) is 25.9 Å². The van der Waals surface area contributed by atoms with Crippen molar-refractivity contribution in [2.24, 2.45) is 0 Å². The molecule has 0 aromatic carbocycles. The summed E-state index contributed by atoms with van der Waals surface area (Å²) in [6.07, 6.45) is 75.9. The molecule has 0 saturated carbocycles. The summed E-state index contributed by atoms with van der Waals surface area (Å²) in [5.74, 6) is -0.0842. The summed E-state index contributed by atoms with van der Waals surface area (Å²) in [6, 6.07) is -0.560. The van der Waals surface area contributed by atoms with Crippen LogP contribution in [0.3, 0.4) is 0 Å². The molecular formula is C65H123NO5. The second-order valence-electron chi connectivity index (χ2n) is 21.8. The summed E-state index contributed by atoms with van der Waals surface area (Å²) < 4.78 is 5.44. The molecule has 6 heteroatoms. The van der Waals surface area contributed by atoms with E-state index >= 15 is 0 Å². The monoisotopic (exact) mass is 998 g/mol. The SMILES string of the molecule is CCCCCCC/C=C\CCCCCCCC(=O)OCCCCC/C=C\C=C/CCCCCCCCC(=O)NC(CO)C(O)CCCCCCCCCCCCCCCCCCCCCCCCCCC. The zero-order valence-corrected chi connectivity index (χ0v) is 47.7. The van der Waals surface area contributed by atoms with E-state index in [9.17, 15) is 19.8 Å². The number of amides is 1. The molecule has 1 amide bonds. The normalized spacial score (nSPS) is 12.8. The highest BCUT2D eigenvalue weighted by Crippen LogP contribution is 2.18. The molecule has 71 heavy (non-hydrogen) atoms. The predicted molar refractivity (Wildman–Crippen MR) is 310 cm³/mol. The van der Waals surface area contributed by atoms with E-state index in [-0.39, 0.29) is 18.5 Å². The number of nitrogens with one attached hydrogen (secondary N) is 1. The van der Waals surface area contributed by atoms with Crippen LogP contribution < -0.4 is 5.32 Å². The third-order valence-corrected chi connectivity index (χ3v) is 14.7. The quantitative estimate of drug-likeness (QED) is 0.0244. The number of hydrogen-bond donors (Lipinski definition) is 3. The van der Waals surface area contributed by atoms with E-state index in [1.165, 1.54) is 231 Å². The molecule has 0 heterocycles. The van der Waals surface area contributed by atoms with Crippen molar-refractivity contribution in [1.29, 1.82) is 0 Å². The second kappa shape index (κ2) is 60.6. The highest BCUT2D eigenvalue weighted by Gasteiger charge is 2.20. The van der Waals surface area contributed by atoms with Crippen molar-refractivity contribution in [3.8, 4) is 0 Å². The largest absolute Gasteiger partial charge is 0.466 e. The highest BCUT2D eigenvalue weighted by atomic mass is 16.5. The minimum absolute atomic E-state index is 0.0296. The van der Waals surface area contributed by atoms with Crippen LogP contribution in [0, 0.1) is 0 Å². The smallest absolute Gasteiger partial charge is 0.305 e. The summed E-state index contributed by atoms with van der Waals surface area (Å²) >= 11 is 0. The Balaban J connectivity index is 3.50. The first-order valence-corrected chi connectivity index (χ1v) is 31.8. The van der Waals surface area contributed by atoms with E-state index in [2.05, 4.69) is 55.6 Å². The molecule has 0 rings (SSSR count). The molecule has 0 aromatic rings. The van der Waals surface area contributed by atoms with Crippen molar-refractivity contribution in [1.82, 2.24) is 5.32 Å². The van der Waals surface area contributed by atoms with E-state index in [1.807, 2.05) is 0 Å². The Morgan fingerprint density at radius 1 is 0.394 bits per heavy atom. The lowest BCUT2D eigenvalue weighted by Crippen LogP contribution is -2.45. The van der Waals surface area contributed by atoms with E-state index in [1.54, 1.807) is 0 Å².